The van der Waals surface area contributed by atoms with Gasteiger partial charge >= 0.3 is 5.97 Å². The molecule has 0 saturated heterocycles. The predicted octanol–water partition coefficient (Wildman–Crippen LogP) is 2.94. The molecule has 0 aliphatic carbocycles. The number of hydrogen-bond donors (Lipinski definition) is 2. The molecule has 0 amide bonds. The number of unbranched alkanes of at least 4 members (excludes halogenated alkanes) is 1. The molecular formula is C21H26O6S. The molecule has 28 heavy (non-hydrogen) atoms. The number of benzene rings is 2. The molecule has 2 unspecified atom stereocenters. The van der Waals surface area contributed by atoms with Crippen LogP contribution < -0.4 is 4.74 Å². The molecule has 2 atom stereocenters. The zero-order valence-corrected chi connectivity index (χ0v) is 16.6. The first-order valence-corrected chi connectivity index (χ1v) is 10.7. The second-order valence-corrected chi connectivity index (χ2v) is 8.78. The van der Waals surface area contributed by atoms with Crippen molar-refractivity contribution in [2.24, 2.45) is 5.92 Å². The quantitative estimate of drug-likeness (QED) is 0.557. The van der Waals surface area contributed by atoms with Crippen molar-refractivity contribution < 1.29 is 28.2 Å². The van der Waals surface area contributed by atoms with E-state index in [-0.39, 0.29) is 11.3 Å². The molecule has 7 heteroatoms. The van der Waals surface area contributed by atoms with E-state index in [1.807, 2.05) is 30.3 Å². The second kappa shape index (κ2) is 10.2. The van der Waals surface area contributed by atoms with Crippen LogP contribution in [0.4, 0.5) is 0 Å². The lowest BCUT2D eigenvalue weighted by Gasteiger charge is -2.23. The summed E-state index contributed by atoms with van der Waals surface area (Å²) in [4.78, 5) is 11.6. The number of carboxylic acids is 1. The molecule has 6 nitrogen and oxygen atoms in total. The Labute approximate surface area is 165 Å². The Balaban J connectivity index is 2.16. The van der Waals surface area contributed by atoms with Gasteiger partial charge in [0.15, 0.2) is 9.84 Å². The van der Waals surface area contributed by atoms with Crippen LogP contribution in [-0.4, -0.2) is 43.6 Å². The summed E-state index contributed by atoms with van der Waals surface area (Å²) in [5, 5.41) is 17.8. The van der Waals surface area contributed by atoms with Gasteiger partial charge in [-0.05, 0) is 49.1 Å². The zero-order valence-electron chi connectivity index (χ0n) is 15.8. The van der Waals surface area contributed by atoms with Gasteiger partial charge in [0.1, 0.15) is 5.75 Å². The molecule has 0 saturated carbocycles. The molecule has 2 aromatic carbocycles. The number of aryl methyl sites for hydroxylation is 1. The molecule has 0 radical (unpaired) electrons. The highest BCUT2D eigenvalue weighted by Crippen LogP contribution is 2.28. The van der Waals surface area contributed by atoms with Crippen LogP contribution in [0.15, 0.2) is 59.5 Å². The fraction of sp³-hybridized carbons (Fsp3) is 0.381. The molecule has 2 N–H and O–H groups in total. The highest BCUT2D eigenvalue weighted by atomic mass is 32.2. The third-order valence-electron chi connectivity index (χ3n) is 4.80. The van der Waals surface area contributed by atoms with Crippen molar-refractivity contribution >= 4 is 15.8 Å². The van der Waals surface area contributed by atoms with Crippen molar-refractivity contribution in [3.63, 3.8) is 0 Å². The van der Waals surface area contributed by atoms with Crippen LogP contribution in [-0.2, 0) is 21.1 Å². The van der Waals surface area contributed by atoms with E-state index in [2.05, 4.69) is 0 Å². The number of rotatable bonds is 11. The molecule has 0 fully saturated rings. The minimum atomic E-state index is -3.92. The number of aliphatic carboxylic acids is 1. The fourth-order valence-corrected chi connectivity index (χ4v) is 5.16. The van der Waals surface area contributed by atoms with Crippen molar-refractivity contribution in [3.05, 3.63) is 60.2 Å². The highest BCUT2D eigenvalue weighted by molar-refractivity contribution is 7.92. The standard InChI is InChI=1S/C21H26O6S/c1-27-17-11-13-18(14-12-17)28(25,26)20(19(15-22)21(23)24)10-6-5-9-16-7-3-2-4-8-16/h2-4,7-8,11-14,19-20,22H,5-6,9-10,15H2,1H3,(H,23,24). The van der Waals surface area contributed by atoms with Crippen molar-refractivity contribution in [1.29, 1.82) is 0 Å². The van der Waals surface area contributed by atoms with Gasteiger partial charge in [-0.1, -0.05) is 36.8 Å². The average molecular weight is 407 g/mol. The summed E-state index contributed by atoms with van der Waals surface area (Å²) < 4.78 is 31.2. The molecule has 2 rings (SSSR count). The number of carboxylic acid groups (broad SMARTS) is 1. The Morgan fingerprint density at radius 3 is 2.21 bits per heavy atom. The van der Waals surface area contributed by atoms with Crippen molar-refractivity contribution in [2.45, 2.75) is 35.8 Å². The minimum Gasteiger partial charge on any atom is -0.497 e. The van der Waals surface area contributed by atoms with Crippen LogP contribution in [0.3, 0.4) is 0 Å². The summed E-state index contributed by atoms with van der Waals surface area (Å²) in [6, 6.07) is 15.7. The SMILES string of the molecule is COc1ccc(S(=O)(=O)C(CCCCc2ccccc2)C(CO)C(=O)O)cc1. The van der Waals surface area contributed by atoms with Crippen molar-refractivity contribution in [1.82, 2.24) is 0 Å². The van der Waals surface area contributed by atoms with Gasteiger partial charge in [0, 0.05) is 0 Å². The summed E-state index contributed by atoms with van der Waals surface area (Å²) in [6.45, 7) is -0.728. The van der Waals surface area contributed by atoms with Crippen LogP contribution in [0.5, 0.6) is 5.75 Å². The lowest BCUT2D eigenvalue weighted by atomic mass is 9.99. The summed E-state index contributed by atoms with van der Waals surface area (Å²) in [5.41, 5.74) is 1.15. The Morgan fingerprint density at radius 2 is 1.68 bits per heavy atom. The van der Waals surface area contributed by atoms with Crippen molar-refractivity contribution in [2.75, 3.05) is 13.7 Å². The summed E-state index contributed by atoms with van der Waals surface area (Å²) in [6.07, 6.45) is 2.22. The van der Waals surface area contributed by atoms with E-state index in [1.54, 1.807) is 0 Å². The first-order valence-electron chi connectivity index (χ1n) is 9.15. The van der Waals surface area contributed by atoms with E-state index in [4.69, 9.17) is 4.74 Å². The number of methoxy groups -OCH3 is 1. The molecular weight excluding hydrogens is 380 g/mol. The smallest absolute Gasteiger partial charge is 0.310 e. The molecule has 0 spiro atoms. The number of sulfone groups is 1. The average Bonchev–Trinajstić information content (AvgIpc) is 2.70. The number of aliphatic hydroxyl groups is 1. The second-order valence-electron chi connectivity index (χ2n) is 6.62. The Bertz CT molecular complexity index is 846. The molecule has 0 bridgehead atoms. The maximum Gasteiger partial charge on any atom is 0.310 e. The van der Waals surface area contributed by atoms with E-state index in [0.29, 0.717) is 12.2 Å². The van der Waals surface area contributed by atoms with Crippen LogP contribution in [0.25, 0.3) is 0 Å². The molecule has 0 aromatic heterocycles. The van der Waals surface area contributed by atoms with E-state index in [1.165, 1.54) is 31.4 Å². The molecule has 2 aromatic rings. The maximum absolute atomic E-state index is 13.1. The topological polar surface area (TPSA) is 101 Å². The number of carbonyl (C=O) groups is 1. The first kappa shape index (κ1) is 21.9. The third kappa shape index (κ3) is 5.56. The molecule has 0 aliphatic rings. The van der Waals surface area contributed by atoms with Gasteiger partial charge in [0.25, 0.3) is 0 Å². The Morgan fingerprint density at radius 1 is 1.04 bits per heavy atom. The Hall–Kier alpha value is -2.38. The number of ether oxygens (including phenoxy) is 1. The van der Waals surface area contributed by atoms with Crippen LogP contribution >= 0.6 is 0 Å². The third-order valence-corrected chi connectivity index (χ3v) is 7.09. The monoisotopic (exact) mass is 406 g/mol. The number of hydrogen-bond acceptors (Lipinski definition) is 5. The summed E-state index contributed by atoms with van der Waals surface area (Å²) in [7, 11) is -2.45. The number of aliphatic hydroxyl groups excluding tert-OH is 1. The summed E-state index contributed by atoms with van der Waals surface area (Å²) in [5.74, 6) is -2.17. The van der Waals surface area contributed by atoms with Gasteiger partial charge in [0.2, 0.25) is 0 Å². The first-order chi connectivity index (χ1) is 13.4. The van der Waals surface area contributed by atoms with Gasteiger partial charge in [-0.3, -0.25) is 4.79 Å². The molecule has 0 heterocycles. The predicted molar refractivity (Wildman–Crippen MR) is 106 cm³/mol. The Kier molecular flexibility index (Phi) is 8.02. The van der Waals surface area contributed by atoms with Crippen LogP contribution in [0.2, 0.25) is 0 Å². The minimum absolute atomic E-state index is 0.0288. The normalized spacial score (nSPS) is 13.6. The van der Waals surface area contributed by atoms with Crippen LogP contribution in [0, 0.1) is 5.92 Å². The van der Waals surface area contributed by atoms with E-state index < -0.39 is 33.6 Å². The maximum atomic E-state index is 13.1. The highest BCUT2D eigenvalue weighted by Gasteiger charge is 2.38. The fourth-order valence-electron chi connectivity index (χ4n) is 3.19. The van der Waals surface area contributed by atoms with Gasteiger partial charge in [-0.2, -0.15) is 0 Å². The zero-order chi connectivity index (χ0) is 20.6. The lowest BCUT2D eigenvalue weighted by molar-refractivity contribution is -0.143. The lowest BCUT2D eigenvalue weighted by Crippen LogP contribution is -2.37. The van der Waals surface area contributed by atoms with Crippen molar-refractivity contribution in [3.8, 4) is 5.75 Å². The van der Waals surface area contributed by atoms with Crippen LogP contribution in [0.1, 0.15) is 24.8 Å². The molecule has 0 aliphatic heterocycles. The largest absolute Gasteiger partial charge is 0.497 e. The summed E-state index contributed by atoms with van der Waals surface area (Å²) >= 11 is 0. The van der Waals surface area contributed by atoms with Gasteiger partial charge in [-0.15, -0.1) is 0 Å². The molecule has 152 valence electrons. The van der Waals surface area contributed by atoms with Gasteiger partial charge < -0.3 is 14.9 Å². The van der Waals surface area contributed by atoms with E-state index >= 15 is 0 Å². The van der Waals surface area contributed by atoms with E-state index in [0.717, 1.165) is 18.4 Å². The van der Waals surface area contributed by atoms with E-state index in [9.17, 15) is 23.4 Å². The van der Waals surface area contributed by atoms with Gasteiger partial charge in [-0.25, -0.2) is 8.42 Å². The van der Waals surface area contributed by atoms with Gasteiger partial charge in [0.05, 0.1) is 29.8 Å².